The molecule has 0 radical (unpaired) electrons. The Morgan fingerprint density at radius 1 is 0.622 bits per heavy atom. The van der Waals surface area contributed by atoms with Crippen molar-refractivity contribution in [3.05, 3.63) is 119 Å². The minimum atomic E-state index is -0.492. The van der Waals surface area contributed by atoms with Crippen LogP contribution in [0.15, 0.2) is 97.1 Å². The first kappa shape index (κ1) is 22.9. The van der Waals surface area contributed by atoms with Gasteiger partial charge in [0, 0.05) is 34.8 Å². The highest BCUT2D eigenvalue weighted by Crippen LogP contribution is 2.45. The third kappa shape index (κ3) is 4.20. The zero-order chi connectivity index (χ0) is 25.4. The zero-order valence-electron chi connectivity index (χ0n) is 20.3. The van der Waals surface area contributed by atoms with E-state index in [1.165, 1.54) is 0 Å². The summed E-state index contributed by atoms with van der Waals surface area (Å²) >= 11 is 0. The Bertz CT molecular complexity index is 1410. The summed E-state index contributed by atoms with van der Waals surface area (Å²) in [4.78, 5) is 27.0. The van der Waals surface area contributed by atoms with Crippen LogP contribution < -0.4 is 20.1 Å². The molecule has 0 aliphatic carbocycles. The Morgan fingerprint density at radius 3 is 1.38 bits per heavy atom. The van der Waals surface area contributed by atoms with E-state index in [1.54, 1.807) is 0 Å². The molecule has 2 aliphatic heterocycles. The molecule has 4 aromatic rings. The van der Waals surface area contributed by atoms with Gasteiger partial charge in [-0.05, 0) is 31.2 Å². The Balaban J connectivity index is 1.18. The number of ether oxygens (including phenoxy) is 2. The standard InChI is InChI=1S/C31H26N2O4/c1-19(33-31(35)29-22-12-4-8-16-26(22)37-27-17-9-5-13-23(27)29)18-32-30(34)28-20-10-2-6-14-24(20)36-25-15-7-3-11-21(25)28/h2-17,19,28-29H,18H2,1H3,(H,32,34)(H,33,35)/t19-/m1/s1. The number of rotatable bonds is 5. The minimum Gasteiger partial charge on any atom is -0.457 e. The molecule has 2 aliphatic rings. The van der Waals surface area contributed by atoms with Crippen LogP contribution in [-0.4, -0.2) is 24.4 Å². The van der Waals surface area contributed by atoms with Crippen molar-refractivity contribution in [2.75, 3.05) is 6.54 Å². The van der Waals surface area contributed by atoms with E-state index >= 15 is 0 Å². The van der Waals surface area contributed by atoms with Crippen molar-refractivity contribution in [1.82, 2.24) is 10.6 Å². The van der Waals surface area contributed by atoms with E-state index in [9.17, 15) is 9.59 Å². The summed E-state index contributed by atoms with van der Waals surface area (Å²) < 4.78 is 12.0. The van der Waals surface area contributed by atoms with Crippen LogP contribution in [0.3, 0.4) is 0 Å². The number of fused-ring (bicyclic) bond motifs is 4. The fraction of sp³-hybridized carbons (Fsp3) is 0.161. The molecule has 2 amide bonds. The number of hydrogen-bond acceptors (Lipinski definition) is 4. The lowest BCUT2D eigenvalue weighted by molar-refractivity contribution is -0.124. The number of carbonyl (C=O) groups is 2. The van der Waals surface area contributed by atoms with E-state index in [2.05, 4.69) is 10.6 Å². The molecule has 1 atom stereocenters. The third-order valence-electron chi connectivity index (χ3n) is 6.86. The second kappa shape index (κ2) is 9.47. The molecule has 0 spiro atoms. The summed E-state index contributed by atoms with van der Waals surface area (Å²) in [6.07, 6.45) is 0. The minimum absolute atomic E-state index is 0.133. The van der Waals surface area contributed by atoms with Gasteiger partial charge in [0.15, 0.2) is 0 Å². The van der Waals surface area contributed by atoms with Crippen molar-refractivity contribution >= 4 is 11.8 Å². The molecule has 6 rings (SSSR count). The summed E-state index contributed by atoms with van der Waals surface area (Å²) in [5, 5.41) is 6.14. The van der Waals surface area contributed by atoms with E-state index in [1.807, 2.05) is 104 Å². The second-order valence-corrected chi connectivity index (χ2v) is 9.38. The topological polar surface area (TPSA) is 76.7 Å². The highest BCUT2D eigenvalue weighted by Gasteiger charge is 2.34. The van der Waals surface area contributed by atoms with Gasteiger partial charge in [0.1, 0.15) is 23.0 Å². The van der Waals surface area contributed by atoms with Crippen LogP contribution in [-0.2, 0) is 9.59 Å². The molecule has 6 nitrogen and oxygen atoms in total. The quantitative estimate of drug-likeness (QED) is 0.388. The van der Waals surface area contributed by atoms with Gasteiger partial charge in [0.05, 0.1) is 11.8 Å². The van der Waals surface area contributed by atoms with Crippen molar-refractivity contribution in [2.24, 2.45) is 0 Å². The molecule has 2 heterocycles. The Hall–Kier alpha value is -4.58. The number of carbonyl (C=O) groups excluding carboxylic acids is 2. The molecule has 0 unspecified atom stereocenters. The second-order valence-electron chi connectivity index (χ2n) is 9.38. The highest BCUT2D eigenvalue weighted by molar-refractivity contribution is 5.91. The largest absolute Gasteiger partial charge is 0.457 e. The molecule has 0 bridgehead atoms. The maximum absolute atomic E-state index is 13.5. The van der Waals surface area contributed by atoms with Crippen LogP contribution in [0.4, 0.5) is 0 Å². The van der Waals surface area contributed by atoms with E-state index < -0.39 is 11.8 Å². The summed E-state index contributed by atoms with van der Waals surface area (Å²) in [5.41, 5.74) is 3.30. The first-order chi connectivity index (χ1) is 18.1. The molecular weight excluding hydrogens is 464 g/mol. The molecule has 4 aromatic carbocycles. The van der Waals surface area contributed by atoms with Crippen molar-refractivity contribution in [3.8, 4) is 23.0 Å². The van der Waals surface area contributed by atoms with Gasteiger partial charge in [0.25, 0.3) is 0 Å². The lowest BCUT2D eigenvalue weighted by atomic mass is 9.87. The molecular formula is C31H26N2O4. The number of benzene rings is 4. The number of amides is 2. The van der Waals surface area contributed by atoms with Crippen molar-refractivity contribution in [1.29, 1.82) is 0 Å². The molecule has 184 valence electrons. The predicted octanol–water partition coefficient (Wildman–Crippen LogP) is 5.48. The smallest absolute Gasteiger partial charge is 0.232 e. The Morgan fingerprint density at radius 2 is 0.973 bits per heavy atom. The first-order valence-electron chi connectivity index (χ1n) is 12.4. The number of nitrogens with one attached hydrogen (secondary N) is 2. The number of para-hydroxylation sites is 4. The monoisotopic (exact) mass is 490 g/mol. The lowest BCUT2D eigenvalue weighted by Crippen LogP contribution is -2.45. The molecule has 6 heteroatoms. The van der Waals surface area contributed by atoms with Crippen LogP contribution in [0, 0.1) is 0 Å². The molecule has 0 saturated carbocycles. The van der Waals surface area contributed by atoms with Crippen LogP contribution in [0.25, 0.3) is 0 Å². The summed E-state index contributed by atoms with van der Waals surface area (Å²) in [7, 11) is 0. The fourth-order valence-electron chi connectivity index (χ4n) is 5.12. The maximum atomic E-state index is 13.5. The number of hydrogen-bond donors (Lipinski definition) is 2. The van der Waals surface area contributed by atoms with Crippen LogP contribution in [0.5, 0.6) is 23.0 Å². The summed E-state index contributed by atoms with van der Waals surface area (Å²) in [5.74, 6) is 1.47. The highest BCUT2D eigenvalue weighted by atomic mass is 16.5. The molecule has 37 heavy (non-hydrogen) atoms. The molecule has 2 N–H and O–H groups in total. The summed E-state index contributed by atoms with van der Waals surface area (Å²) in [6.45, 7) is 2.18. The van der Waals surface area contributed by atoms with E-state index in [-0.39, 0.29) is 17.9 Å². The first-order valence-corrected chi connectivity index (χ1v) is 12.4. The molecule has 0 saturated heterocycles. The van der Waals surface area contributed by atoms with Crippen LogP contribution >= 0.6 is 0 Å². The van der Waals surface area contributed by atoms with Crippen molar-refractivity contribution in [3.63, 3.8) is 0 Å². The average molecular weight is 491 g/mol. The third-order valence-corrected chi connectivity index (χ3v) is 6.86. The normalized spacial score (nSPS) is 14.5. The lowest BCUT2D eigenvalue weighted by Gasteiger charge is -2.29. The molecule has 0 fully saturated rings. The van der Waals surface area contributed by atoms with E-state index in [0.29, 0.717) is 29.5 Å². The van der Waals surface area contributed by atoms with Crippen molar-refractivity contribution in [2.45, 2.75) is 24.8 Å². The Kier molecular flexibility index (Phi) is 5.85. The SMILES string of the molecule is C[C@H](CNC(=O)C1c2ccccc2Oc2ccccc21)NC(=O)C1c2ccccc2Oc2ccccc21. The molecule has 0 aromatic heterocycles. The van der Waals surface area contributed by atoms with Gasteiger partial charge in [-0.3, -0.25) is 9.59 Å². The van der Waals surface area contributed by atoms with Gasteiger partial charge >= 0.3 is 0 Å². The van der Waals surface area contributed by atoms with Gasteiger partial charge in [-0.15, -0.1) is 0 Å². The van der Waals surface area contributed by atoms with Gasteiger partial charge < -0.3 is 20.1 Å². The van der Waals surface area contributed by atoms with Gasteiger partial charge in [-0.25, -0.2) is 0 Å². The van der Waals surface area contributed by atoms with Crippen LogP contribution in [0.1, 0.15) is 41.0 Å². The van der Waals surface area contributed by atoms with E-state index in [0.717, 1.165) is 22.3 Å². The van der Waals surface area contributed by atoms with E-state index in [4.69, 9.17) is 9.47 Å². The van der Waals surface area contributed by atoms with Gasteiger partial charge in [-0.2, -0.15) is 0 Å². The zero-order valence-corrected chi connectivity index (χ0v) is 20.3. The van der Waals surface area contributed by atoms with Crippen molar-refractivity contribution < 1.29 is 19.1 Å². The van der Waals surface area contributed by atoms with Crippen LogP contribution in [0.2, 0.25) is 0 Å². The van der Waals surface area contributed by atoms with Gasteiger partial charge in [0.2, 0.25) is 11.8 Å². The van der Waals surface area contributed by atoms with Gasteiger partial charge in [-0.1, -0.05) is 72.8 Å². The Labute approximate surface area is 215 Å². The predicted molar refractivity (Wildman–Crippen MR) is 140 cm³/mol. The summed E-state index contributed by atoms with van der Waals surface area (Å²) in [6, 6.07) is 30.1. The fourth-order valence-corrected chi connectivity index (χ4v) is 5.12. The average Bonchev–Trinajstić information content (AvgIpc) is 2.93. The maximum Gasteiger partial charge on any atom is 0.232 e.